The summed E-state index contributed by atoms with van der Waals surface area (Å²) < 4.78 is 0.893. The molecule has 0 unspecified atom stereocenters. The maximum absolute atomic E-state index is 13.8. The number of halogens is 1. The molecule has 6 N–H and O–H groups in total. The Labute approximate surface area is 410 Å². The first-order chi connectivity index (χ1) is 33.9. The number of anilines is 2. The molecule has 0 aliphatic carbocycles. The zero-order chi connectivity index (χ0) is 48.7. The molecule has 0 saturated carbocycles. The number of pyridine rings is 4. The van der Waals surface area contributed by atoms with Crippen LogP contribution in [0, 0.1) is 0 Å². The van der Waals surface area contributed by atoms with Gasteiger partial charge in [-0.3, -0.25) is 29.5 Å². The molecule has 18 heteroatoms. The van der Waals surface area contributed by atoms with Gasteiger partial charge in [0.15, 0.2) is 0 Å². The van der Waals surface area contributed by atoms with E-state index in [1.54, 1.807) is 34.3 Å². The van der Waals surface area contributed by atoms with Gasteiger partial charge < -0.3 is 41.1 Å². The van der Waals surface area contributed by atoms with Crippen LogP contribution in [0.5, 0.6) is 0 Å². The summed E-state index contributed by atoms with van der Waals surface area (Å²) in [5.74, 6) is -0.0265. The molecule has 2 fully saturated rings. The molecule has 12 rings (SSSR count). The highest BCUT2D eigenvalue weighted by Gasteiger charge is 2.60. The Balaban J connectivity index is 0.000000139. The molecule has 6 amide bonds. The van der Waals surface area contributed by atoms with Gasteiger partial charge in [-0.2, -0.15) is 0 Å². The zero-order valence-corrected chi connectivity index (χ0v) is 39.1. The molecule has 4 aliphatic heterocycles. The average molecular weight is 996 g/mol. The smallest absolute Gasteiger partial charge is 0.423 e. The lowest BCUT2D eigenvalue weighted by Crippen LogP contribution is -2.66. The van der Waals surface area contributed by atoms with Crippen LogP contribution in [0.15, 0.2) is 163 Å². The summed E-state index contributed by atoms with van der Waals surface area (Å²) in [6.45, 7) is 1.93. The van der Waals surface area contributed by atoms with Gasteiger partial charge in [0.1, 0.15) is 10.8 Å². The molecule has 4 aromatic heterocycles. The fraction of sp³-hybridized carbons (Fsp3) is 0.154. The van der Waals surface area contributed by atoms with Crippen molar-refractivity contribution in [1.82, 2.24) is 29.7 Å². The lowest BCUT2D eigenvalue weighted by Gasteiger charge is -2.45. The summed E-state index contributed by atoms with van der Waals surface area (Å²) in [6.07, 6.45) is 10.2. The first-order valence-electron chi connectivity index (χ1n) is 22.4. The van der Waals surface area contributed by atoms with Crippen molar-refractivity contribution in [2.24, 2.45) is 11.5 Å². The van der Waals surface area contributed by atoms with Crippen molar-refractivity contribution in [3.63, 3.8) is 0 Å². The van der Waals surface area contributed by atoms with E-state index in [-0.39, 0.29) is 11.8 Å². The minimum Gasteiger partial charge on any atom is -0.423 e. The van der Waals surface area contributed by atoms with Gasteiger partial charge in [-0.15, -0.1) is 0 Å². The number of benzene rings is 4. The maximum Gasteiger partial charge on any atom is 0.490 e. The summed E-state index contributed by atoms with van der Waals surface area (Å²) in [7, 11) is -1.40. The Hall–Kier alpha value is -8.06. The van der Waals surface area contributed by atoms with E-state index in [0.29, 0.717) is 44.7 Å². The molecule has 16 nitrogen and oxygen atoms in total. The molecule has 0 atom stereocenters. The van der Waals surface area contributed by atoms with Gasteiger partial charge in [-0.05, 0) is 62.1 Å². The van der Waals surface area contributed by atoms with Crippen LogP contribution in [0.2, 0.25) is 0 Å². The van der Waals surface area contributed by atoms with Gasteiger partial charge in [0.05, 0.1) is 24.5 Å². The van der Waals surface area contributed by atoms with Crippen LogP contribution in [0.3, 0.4) is 0 Å². The number of primary amides is 2. The summed E-state index contributed by atoms with van der Waals surface area (Å²) in [5, 5.41) is 21.3. The standard InChI is InChI=1S/C26H21N5O2.C21H17BrN4O2.C5H6BNO2/c27-25(33)30-15-26(16-30)20-9-3-4-10-22(20)31(24(26)32)14-21-23(18-7-5-11-28-12-18)19-8-2-1-6-17(19)13-29-21;22-18-14-6-2-1-5-13(14)9-24-16(18)10-26-17-8-4-3-7-15(17)21(19(26)27)11-25(12-21)20(23)28;8-6(9)5-2-1-3-7-4-5/h1-13H,14-16H2,(H2,27,33);1-9H,10-12H2,(H2,23,28);1-4,8-9H. The van der Waals surface area contributed by atoms with Crippen molar-refractivity contribution in [3.8, 4) is 11.1 Å². The van der Waals surface area contributed by atoms with Crippen LogP contribution in [0.4, 0.5) is 21.0 Å². The number of carbonyl (C=O) groups excluding carboxylic acids is 4. The second-order valence-corrected chi connectivity index (χ2v) is 18.3. The molecule has 2 spiro atoms. The van der Waals surface area contributed by atoms with E-state index >= 15 is 0 Å². The third-order valence-corrected chi connectivity index (χ3v) is 14.3. The highest BCUT2D eigenvalue weighted by atomic mass is 79.9. The number of hydrogen-bond acceptors (Lipinski definition) is 10. The minimum absolute atomic E-state index is 0.00643. The van der Waals surface area contributed by atoms with Crippen LogP contribution in [0.1, 0.15) is 22.5 Å². The Bertz CT molecular complexity index is 3340. The predicted octanol–water partition coefficient (Wildman–Crippen LogP) is 5.41. The predicted molar refractivity (Wildman–Crippen MR) is 269 cm³/mol. The van der Waals surface area contributed by atoms with E-state index in [4.69, 9.17) is 26.5 Å². The minimum atomic E-state index is -1.40. The highest BCUT2D eigenvalue weighted by molar-refractivity contribution is 9.10. The SMILES string of the molecule is NC(=O)N1CC2(C1)C(=O)N(Cc1ncc3ccccc3c1-c1cccnc1)c1ccccc12.NC(=O)N1CC2(C1)C(=O)N(Cc1ncc3ccccc3c1Br)c1ccccc12.OB(O)c1cccnc1. The molecule has 8 heterocycles. The number of carbonyl (C=O) groups is 4. The summed E-state index contributed by atoms with van der Waals surface area (Å²) in [4.78, 5) is 74.2. The van der Waals surface area contributed by atoms with Gasteiger partial charge in [0.25, 0.3) is 0 Å². The van der Waals surface area contributed by atoms with E-state index < -0.39 is 30.0 Å². The highest BCUT2D eigenvalue weighted by Crippen LogP contribution is 2.49. The molecule has 4 aromatic carbocycles. The molecule has 70 heavy (non-hydrogen) atoms. The first kappa shape index (κ1) is 45.7. The quantitative estimate of drug-likeness (QED) is 0.155. The first-order valence-corrected chi connectivity index (χ1v) is 23.2. The van der Waals surface area contributed by atoms with E-state index in [1.165, 1.54) is 16.0 Å². The number of para-hydroxylation sites is 2. The Morgan fingerprint density at radius 2 is 1.06 bits per heavy atom. The maximum atomic E-state index is 13.8. The number of nitrogens with two attached hydrogens (primary N) is 2. The van der Waals surface area contributed by atoms with Crippen LogP contribution in [-0.4, -0.2) is 97.0 Å². The Morgan fingerprint density at radius 1 is 0.586 bits per heavy atom. The zero-order valence-electron chi connectivity index (χ0n) is 37.5. The number of urea groups is 2. The van der Waals surface area contributed by atoms with E-state index in [9.17, 15) is 19.2 Å². The number of likely N-dealkylation sites (tertiary alicyclic amines) is 2. The number of fused-ring (bicyclic) bond motifs is 6. The fourth-order valence-corrected chi connectivity index (χ4v) is 10.5. The normalized spacial score (nSPS) is 15.6. The summed E-state index contributed by atoms with van der Waals surface area (Å²) >= 11 is 3.67. The lowest BCUT2D eigenvalue weighted by molar-refractivity contribution is -0.128. The molecule has 348 valence electrons. The third kappa shape index (κ3) is 7.94. The molecule has 8 aromatic rings. The van der Waals surface area contributed by atoms with Crippen molar-refractivity contribution in [1.29, 1.82) is 0 Å². The summed E-state index contributed by atoms with van der Waals surface area (Å²) in [5.41, 5.74) is 17.0. The van der Waals surface area contributed by atoms with Crippen LogP contribution < -0.4 is 26.7 Å². The van der Waals surface area contributed by atoms with Crippen LogP contribution in [-0.2, 0) is 33.5 Å². The van der Waals surface area contributed by atoms with Crippen molar-refractivity contribution in [2.45, 2.75) is 23.9 Å². The molecule has 4 aliphatic rings. The van der Waals surface area contributed by atoms with Crippen LogP contribution in [0.25, 0.3) is 32.7 Å². The van der Waals surface area contributed by atoms with Gasteiger partial charge in [-0.1, -0.05) is 97.1 Å². The topological polar surface area (TPSA) is 225 Å². The second-order valence-electron chi connectivity index (χ2n) is 17.5. The molecule has 0 radical (unpaired) electrons. The third-order valence-electron chi connectivity index (χ3n) is 13.4. The number of amides is 6. The summed E-state index contributed by atoms with van der Waals surface area (Å²) in [6, 6.07) is 37.8. The van der Waals surface area contributed by atoms with Crippen molar-refractivity contribution in [3.05, 3.63) is 185 Å². The largest absolute Gasteiger partial charge is 0.490 e. The fourth-order valence-electron chi connectivity index (χ4n) is 9.91. The van der Waals surface area contributed by atoms with Crippen LogP contribution >= 0.6 is 15.9 Å². The van der Waals surface area contributed by atoms with Gasteiger partial charge in [0.2, 0.25) is 11.8 Å². The average Bonchev–Trinajstić information content (AvgIpc) is 3.75. The monoisotopic (exact) mass is 994 g/mol. The second kappa shape index (κ2) is 18.5. The molecular weight excluding hydrogens is 951 g/mol. The van der Waals surface area contributed by atoms with Gasteiger partial charge >= 0.3 is 19.2 Å². The van der Waals surface area contributed by atoms with E-state index in [0.717, 1.165) is 71.0 Å². The molecule has 0 bridgehead atoms. The lowest BCUT2D eigenvalue weighted by atomic mass is 9.75. The van der Waals surface area contributed by atoms with Gasteiger partial charge in [-0.25, -0.2) is 9.59 Å². The molecule has 2 saturated heterocycles. The number of rotatable bonds is 6. The number of nitrogens with zero attached hydrogens (tertiary/aromatic N) is 8. The number of aromatic nitrogens is 4. The van der Waals surface area contributed by atoms with Crippen molar-refractivity contribution >= 4 is 85.3 Å². The Morgan fingerprint density at radius 3 is 1.56 bits per heavy atom. The van der Waals surface area contributed by atoms with E-state index in [2.05, 4.69) is 36.9 Å². The van der Waals surface area contributed by atoms with E-state index in [1.807, 2.05) is 122 Å². The molecular formula is C52H44BBrN10O6. The van der Waals surface area contributed by atoms with Crippen molar-refractivity contribution in [2.75, 3.05) is 36.0 Å². The number of hydrogen-bond donors (Lipinski definition) is 4. The van der Waals surface area contributed by atoms with Crippen molar-refractivity contribution < 1.29 is 29.2 Å². The Kier molecular flexibility index (Phi) is 12.0. The van der Waals surface area contributed by atoms with Gasteiger partial charge in [0, 0.05) is 107 Å².